The standard InChI is InChI=1S/C24H29N5O4/c1-16(2)22(26-23(30)19-9-6-17(3)7-10-19)24(31)27-25-15-18-8-11-20(21(14-18)29(32)33)28-12-4-5-13-28/h6-11,14-16,22H,4-5,12-13H2,1-3H3,(H,26,30)(H,27,31)/b25-15-. The Labute approximate surface area is 193 Å². The fourth-order valence-electron chi connectivity index (χ4n) is 3.70. The minimum atomic E-state index is -0.789. The van der Waals surface area contributed by atoms with Crippen molar-refractivity contribution in [3.8, 4) is 0 Å². The highest BCUT2D eigenvalue weighted by Gasteiger charge is 2.25. The summed E-state index contributed by atoms with van der Waals surface area (Å²) >= 11 is 0. The van der Waals surface area contributed by atoms with Crippen molar-refractivity contribution < 1.29 is 14.5 Å². The van der Waals surface area contributed by atoms with E-state index in [1.807, 2.05) is 37.8 Å². The second-order valence-electron chi connectivity index (χ2n) is 8.49. The molecule has 1 fully saturated rings. The molecule has 33 heavy (non-hydrogen) atoms. The van der Waals surface area contributed by atoms with E-state index in [2.05, 4.69) is 15.8 Å². The fraction of sp³-hybridized carbons (Fsp3) is 0.375. The van der Waals surface area contributed by atoms with Gasteiger partial charge in [-0.25, -0.2) is 5.43 Å². The number of amides is 2. The topological polar surface area (TPSA) is 117 Å². The number of hydrogen-bond acceptors (Lipinski definition) is 6. The van der Waals surface area contributed by atoms with E-state index < -0.39 is 16.9 Å². The summed E-state index contributed by atoms with van der Waals surface area (Å²) in [5, 5.41) is 18.2. The van der Waals surface area contributed by atoms with E-state index in [4.69, 9.17) is 0 Å². The molecule has 1 atom stereocenters. The van der Waals surface area contributed by atoms with E-state index in [0.717, 1.165) is 31.5 Å². The van der Waals surface area contributed by atoms with Crippen LogP contribution >= 0.6 is 0 Å². The van der Waals surface area contributed by atoms with Gasteiger partial charge in [-0.2, -0.15) is 5.10 Å². The number of rotatable bonds is 8. The van der Waals surface area contributed by atoms with Crippen LogP contribution in [-0.2, 0) is 4.79 Å². The normalized spacial score (nSPS) is 14.5. The number of hydrazone groups is 1. The maximum atomic E-state index is 12.6. The van der Waals surface area contributed by atoms with Gasteiger partial charge in [-0.3, -0.25) is 19.7 Å². The van der Waals surface area contributed by atoms with Gasteiger partial charge in [-0.1, -0.05) is 37.6 Å². The molecule has 2 amide bonds. The van der Waals surface area contributed by atoms with Gasteiger partial charge < -0.3 is 10.2 Å². The predicted octanol–water partition coefficient (Wildman–Crippen LogP) is 3.41. The maximum absolute atomic E-state index is 12.6. The molecule has 1 heterocycles. The van der Waals surface area contributed by atoms with Gasteiger partial charge in [0.15, 0.2) is 0 Å². The Bertz CT molecular complexity index is 1040. The maximum Gasteiger partial charge on any atom is 0.293 e. The third-order valence-electron chi connectivity index (χ3n) is 5.58. The van der Waals surface area contributed by atoms with Crippen molar-refractivity contribution in [3.63, 3.8) is 0 Å². The lowest BCUT2D eigenvalue weighted by Gasteiger charge is -2.20. The summed E-state index contributed by atoms with van der Waals surface area (Å²) in [6.45, 7) is 7.18. The quantitative estimate of drug-likeness (QED) is 0.362. The summed E-state index contributed by atoms with van der Waals surface area (Å²) < 4.78 is 0. The second-order valence-corrected chi connectivity index (χ2v) is 8.49. The molecule has 1 saturated heterocycles. The monoisotopic (exact) mass is 451 g/mol. The molecule has 2 aromatic rings. The smallest absolute Gasteiger partial charge is 0.293 e. The van der Waals surface area contributed by atoms with E-state index in [0.29, 0.717) is 16.8 Å². The van der Waals surface area contributed by atoms with E-state index in [1.54, 1.807) is 24.3 Å². The molecular weight excluding hydrogens is 422 g/mol. The molecule has 174 valence electrons. The molecule has 1 aliphatic rings. The lowest BCUT2D eigenvalue weighted by Crippen LogP contribution is -2.48. The van der Waals surface area contributed by atoms with Gasteiger partial charge in [-0.05, 0) is 43.9 Å². The Kier molecular flexibility index (Phi) is 7.76. The number of nitrogens with zero attached hydrogens (tertiary/aromatic N) is 3. The van der Waals surface area contributed by atoms with Crippen LogP contribution in [0.25, 0.3) is 0 Å². The van der Waals surface area contributed by atoms with Crippen molar-refractivity contribution in [1.29, 1.82) is 0 Å². The molecule has 3 rings (SSSR count). The Balaban J connectivity index is 1.66. The molecule has 0 radical (unpaired) electrons. The van der Waals surface area contributed by atoms with Crippen LogP contribution in [0.1, 0.15) is 48.2 Å². The van der Waals surface area contributed by atoms with Gasteiger partial charge in [0.2, 0.25) is 0 Å². The van der Waals surface area contributed by atoms with Crippen LogP contribution in [0.3, 0.4) is 0 Å². The largest absolute Gasteiger partial charge is 0.366 e. The molecule has 0 saturated carbocycles. The van der Waals surface area contributed by atoms with Crippen molar-refractivity contribution in [2.75, 3.05) is 18.0 Å². The molecule has 0 spiro atoms. The average molecular weight is 452 g/mol. The summed E-state index contributed by atoms with van der Waals surface area (Å²) in [6, 6.07) is 11.2. The summed E-state index contributed by atoms with van der Waals surface area (Å²) in [5.41, 5.74) is 5.03. The van der Waals surface area contributed by atoms with Crippen LogP contribution in [0, 0.1) is 23.0 Å². The van der Waals surface area contributed by atoms with Crippen molar-refractivity contribution >= 4 is 29.4 Å². The Morgan fingerprint density at radius 2 is 1.79 bits per heavy atom. The number of aryl methyl sites for hydroxylation is 1. The minimum absolute atomic E-state index is 0.0117. The van der Waals surface area contributed by atoms with Crippen molar-refractivity contribution in [3.05, 3.63) is 69.3 Å². The zero-order valence-electron chi connectivity index (χ0n) is 19.1. The first-order valence-electron chi connectivity index (χ1n) is 11.0. The predicted molar refractivity (Wildman–Crippen MR) is 128 cm³/mol. The van der Waals surface area contributed by atoms with Crippen LogP contribution in [-0.4, -0.2) is 42.1 Å². The molecule has 9 heteroatoms. The second kappa shape index (κ2) is 10.7. The third-order valence-corrected chi connectivity index (χ3v) is 5.58. The summed E-state index contributed by atoms with van der Waals surface area (Å²) in [6.07, 6.45) is 3.39. The highest BCUT2D eigenvalue weighted by Crippen LogP contribution is 2.31. The molecule has 1 aliphatic heterocycles. The van der Waals surface area contributed by atoms with Gasteiger partial charge in [-0.15, -0.1) is 0 Å². The van der Waals surface area contributed by atoms with Gasteiger partial charge in [0.25, 0.3) is 17.5 Å². The Morgan fingerprint density at radius 1 is 1.12 bits per heavy atom. The number of benzene rings is 2. The van der Waals surface area contributed by atoms with E-state index in [-0.39, 0.29) is 17.5 Å². The first-order chi connectivity index (χ1) is 15.8. The molecule has 2 N–H and O–H groups in total. The van der Waals surface area contributed by atoms with Gasteiger partial charge in [0.05, 0.1) is 11.1 Å². The number of carbonyl (C=O) groups excluding carboxylic acids is 2. The third kappa shape index (κ3) is 6.15. The zero-order chi connectivity index (χ0) is 24.0. The summed E-state index contributed by atoms with van der Waals surface area (Å²) in [5.74, 6) is -0.985. The summed E-state index contributed by atoms with van der Waals surface area (Å²) in [4.78, 5) is 38.3. The van der Waals surface area contributed by atoms with E-state index in [9.17, 15) is 19.7 Å². The van der Waals surface area contributed by atoms with Crippen molar-refractivity contribution in [2.45, 2.75) is 39.7 Å². The molecule has 9 nitrogen and oxygen atoms in total. The van der Waals surface area contributed by atoms with Crippen LogP contribution in [0.2, 0.25) is 0 Å². The highest BCUT2D eigenvalue weighted by molar-refractivity contribution is 5.97. The number of carbonyl (C=O) groups is 2. The fourth-order valence-corrected chi connectivity index (χ4v) is 3.70. The molecular formula is C24H29N5O4. The lowest BCUT2D eigenvalue weighted by atomic mass is 10.0. The average Bonchev–Trinajstić information content (AvgIpc) is 3.32. The molecule has 0 bridgehead atoms. The summed E-state index contributed by atoms with van der Waals surface area (Å²) in [7, 11) is 0. The number of nitro benzene ring substituents is 1. The van der Waals surface area contributed by atoms with Crippen LogP contribution < -0.4 is 15.6 Å². The lowest BCUT2D eigenvalue weighted by molar-refractivity contribution is -0.384. The highest BCUT2D eigenvalue weighted by atomic mass is 16.6. The van der Waals surface area contributed by atoms with Crippen LogP contribution in [0.4, 0.5) is 11.4 Å². The van der Waals surface area contributed by atoms with Crippen molar-refractivity contribution in [1.82, 2.24) is 10.7 Å². The first kappa shape index (κ1) is 23.9. The van der Waals surface area contributed by atoms with E-state index >= 15 is 0 Å². The zero-order valence-corrected chi connectivity index (χ0v) is 19.1. The first-order valence-corrected chi connectivity index (χ1v) is 11.0. The van der Waals surface area contributed by atoms with Crippen LogP contribution in [0.15, 0.2) is 47.6 Å². The number of hydrogen-bond donors (Lipinski definition) is 2. The van der Waals surface area contributed by atoms with Crippen LogP contribution in [0.5, 0.6) is 0 Å². The number of anilines is 1. The Hall–Kier alpha value is -3.75. The minimum Gasteiger partial charge on any atom is -0.366 e. The molecule has 2 aromatic carbocycles. The van der Waals surface area contributed by atoms with Gasteiger partial charge >= 0.3 is 0 Å². The molecule has 1 unspecified atom stereocenters. The van der Waals surface area contributed by atoms with Gasteiger partial charge in [0, 0.05) is 30.3 Å². The Morgan fingerprint density at radius 3 is 2.39 bits per heavy atom. The number of nitro groups is 1. The van der Waals surface area contributed by atoms with E-state index in [1.165, 1.54) is 12.3 Å². The van der Waals surface area contributed by atoms with Crippen molar-refractivity contribution in [2.24, 2.45) is 11.0 Å². The molecule has 0 aromatic heterocycles. The molecule has 0 aliphatic carbocycles. The number of nitrogens with one attached hydrogen (secondary N) is 2. The SMILES string of the molecule is Cc1ccc(C(=O)NC(C(=O)N/N=C\c2ccc(N3CCCC3)c([N+](=O)[O-])c2)C(C)C)cc1. The van der Waals surface area contributed by atoms with Gasteiger partial charge in [0.1, 0.15) is 11.7 Å².